The minimum absolute atomic E-state index is 0.145. The Hall–Kier alpha value is -3.32. The maximum absolute atomic E-state index is 12.5. The van der Waals surface area contributed by atoms with Crippen LogP contribution in [0.2, 0.25) is 0 Å². The van der Waals surface area contributed by atoms with Crippen LogP contribution < -0.4 is 10.8 Å². The summed E-state index contributed by atoms with van der Waals surface area (Å²) in [4.78, 5) is 34.4. The van der Waals surface area contributed by atoms with Gasteiger partial charge in [0.05, 0.1) is 11.0 Å². The summed E-state index contributed by atoms with van der Waals surface area (Å²) in [6, 6.07) is 14.2. The number of carbonyl (C=O) groups excluding carboxylic acids is 2. The first kappa shape index (κ1) is 21.4. The number of aromatic nitrogens is 2. The third kappa shape index (κ3) is 4.63. The Balaban J connectivity index is 2.06. The van der Waals surface area contributed by atoms with Crippen LogP contribution in [0.4, 0.5) is 0 Å². The van der Waals surface area contributed by atoms with E-state index in [-0.39, 0.29) is 17.1 Å². The van der Waals surface area contributed by atoms with Gasteiger partial charge in [0.15, 0.2) is 11.2 Å². The summed E-state index contributed by atoms with van der Waals surface area (Å²) in [7, 11) is 3.58. The van der Waals surface area contributed by atoms with Crippen LogP contribution in [-0.2, 0) is 17.9 Å². The normalized spacial score (nSPS) is 11.8. The van der Waals surface area contributed by atoms with E-state index >= 15 is 0 Å². The van der Waals surface area contributed by atoms with Gasteiger partial charge in [0.25, 0.3) is 5.91 Å². The van der Waals surface area contributed by atoms with E-state index in [4.69, 9.17) is 0 Å². The molecule has 0 saturated heterocycles. The fraction of sp³-hybridized carbons (Fsp3) is 0.304. The molecular weight excluding hydrogens is 378 g/mol. The smallest absolute Gasteiger partial charge is 0.273 e. The summed E-state index contributed by atoms with van der Waals surface area (Å²) in [5.74, 6) is -0.373. The summed E-state index contributed by atoms with van der Waals surface area (Å²) in [6.45, 7) is 6.11. The first-order valence-electron chi connectivity index (χ1n) is 9.88. The monoisotopic (exact) mass is 405 g/mol. The molecule has 2 aromatic carbocycles. The summed E-state index contributed by atoms with van der Waals surface area (Å²) < 4.78 is 1.91. The topological polar surface area (TPSA) is 79.6 Å². The Bertz CT molecular complexity index is 1140. The van der Waals surface area contributed by atoms with Crippen LogP contribution in [0.5, 0.6) is 0 Å². The van der Waals surface area contributed by atoms with Crippen molar-refractivity contribution in [2.75, 3.05) is 20.6 Å². The van der Waals surface area contributed by atoms with Gasteiger partial charge in [0.2, 0.25) is 6.41 Å². The summed E-state index contributed by atoms with van der Waals surface area (Å²) in [6.07, 6.45) is 0.459. The first-order valence-corrected chi connectivity index (χ1v) is 9.88. The van der Waals surface area contributed by atoms with E-state index in [2.05, 4.69) is 32.3 Å². The molecular formula is C23H27N5O2. The third-order valence-electron chi connectivity index (χ3n) is 5.20. The molecule has 1 heterocycles. The van der Waals surface area contributed by atoms with Gasteiger partial charge in [-0.2, -0.15) is 4.99 Å². The lowest BCUT2D eigenvalue weighted by Gasteiger charge is -2.20. The quantitative estimate of drug-likeness (QED) is 0.611. The maximum atomic E-state index is 12.5. The SMILES string of the molecule is CNC(=O)c1nc2cc(C)c(C)cc2n(CCN(C)Cc2ccccc2)c1=NC=O. The molecule has 7 heteroatoms. The minimum Gasteiger partial charge on any atom is -0.354 e. The fourth-order valence-electron chi connectivity index (χ4n) is 3.43. The van der Waals surface area contributed by atoms with Crippen LogP contribution in [0.15, 0.2) is 47.5 Å². The number of carbonyl (C=O) groups is 2. The Morgan fingerprint density at radius 1 is 1.20 bits per heavy atom. The van der Waals surface area contributed by atoms with Crippen molar-refractivity contribution >= 4 is 23.4 Å². The summed E-state index contributed by atoms with van der Waals surface area (Å²) in [5.41, 5.74) is 5.39. The van der Waals surface area contributed by atoms with Gasteiger partial charge < -0.3 is 14.8 Å². The number of aryl methyl sites for hydroxylation is 2. The number of hydrogen-bond donors (Lipinski definition) is 1. The zero-order valence-electron chi connectivity index (χ0n) is 17.8. The van der Waals surface area contributed by atoms with Crippen LogP contribution in [0.3, 0.4) is 0 Å². The van der Waals surface area contributed by atoms with Crippen molar-refractivity contribution in [2.24, 2.45) is 4.99 Å². The Kier molecular flexibility index (Phi) is 6.74. The zero-order valence-corrected chi connectivity index (χ0v) is 17.8. The number of nitrogens with zero attached hydrogens (tertiary/aromatic N) is 4. The molecule has 0 aliphatic rings. The molecule has 0 fully saturated rings. The average molecular weight is 406 g/mol. The van der Waals surface area contributed by atoms with E-state index in [0.29, 0.717) is 25.0 Å². The molecule has 1 aromatic heterocycles. The molecule has 0 spiro atoms. The molecule has 0 radical (unpaired) electrons. The molecule has 2 amide bonds. The molecule has 3 aromatic rings. The molecule has 156 valence electrons. The lowest BCUT2D eigenvalue weighted by molar-refractivity contribution is -0.107. The van der Waals surface area contributed by atoms with Gasteiger partial charge in [-0.05, 0) is 49.7 Å². The van der Waals surface area contributed by atoms with Gasteiger partial charge in [-0.3, -0.25) is 9.59 Å². The molecule has 0 aliphatic heterocycles. The molecule has 0 aliphatic carbocycles. The van der Waals surface area contributed by atoms with E-state index in [1.165, 1.54) is 12.6 Å². The van der Waals surface area contributed by atoms with Crippen molar-refractivity contribution in [3.8, 4) is 0 Å². The number of hydrogen-bond acceptors (Lipinski definition) is 4. The van der Waals surface area contributed by atoms with Crippen LogP contribution in [0.1, 0.15) is 27.2 Å². The van der Waals surface area contributed by atoms with Crippen LogP contribution in [0.25, 0.3) is 11.0 Å². The lowest BCUT2D eigenvalue weighted by Crippen LogP contribution is -2.36. The van der Waals surface area contributed by atoms with Crippen LogP contribution >= 0.6 is 0 Å². The number of rotatable bonds is 7. The number of likely N-dealkylation sites (N-methyl/N-ethyl adjacent to an activating group) is 1. The molecule has 3 rings (SSSR count). The average Bonchev–Trinajstić information content (AvgIpc) is 2.74. The predicted octanol–water partition coefficient (Wildman–Crippen LogP) is 2.20. The molecule has 0 saturated carbocycles. The molecule has 0 atom stereocenters. The third-order valence-corrected chi connectivity index (χ3v) is 5.20. The van der Waals surface area contributed by atoms with Crippen molar-refractivity contribution in [3.05, 3.63) is 70.3 Å². The lowest BCUT2D eigenvalue weighted by atomic mass is 10.1. The minimum atomic E-state index is -0.373. The Morgan fingerprint density at radius 3 is 2.57 bits per heavy atom. The number of nitrogens with one attached hydrogen (secondary N) is 1. The van der Waals surface area contributed by atoms with E-state index in [1.54, 1.807) is 0 Å². The first-order chi connectivity index (χ1) is 14.4. The van der Waals surface area contributed by atoms with Gasteiger partial charge in [-0.25, -0.2) is 4.98 Å². The number of benzene rings is 2. The van der Waals surface area contributed by atoms with Crippen molar-refractivity contribution in [1.29, 1.82) is 0 Å². The molecule has 7 nitrogen and oxygen atoms in total. The standard InChI is InChI=1S/C23H27N5O2/c1-16-12-19-20(13-17(16)2)28(22(25-15-29)21(26-19)23(30)24-3)11-10-27(4)14-18-8-6-5-7-9-18/h5-9,12-13,15H,10-11,14H2,1-4H3,(H,24,30). The largest absolute Gasteiger partial charge is 0.354 e. The molecule has 30 heavy (non-hydrogen) atoms. The Labute approximate surface area is 176 Å². The fourth-order valence-corrected chi connectivity index (χ4v) is 3.43. The van der Waals surface area contributed by atoms with E-state index in [1.807, 2.05) is 55.8 Å². The van der Waals surface area contributed by atoms with Crippen molar-refractivity contribution in [2.45, 2.75) is 26.9 Å². The van der Waals surface area contributed by atoms with Crippen LogP contribution in [-0.4, -0.2) is 47.4 Å². The highest BCUT2D eigenvalue weighted by Crippen LogP contribution is 2.17. The highest BCUT2D eigenvalue weighted by Gasteiger charge is 2.16. The van der Waals surface area contributed by atoms with E-state index in [0.717, 1.165) is 23.2 Å². The van der Waals surface area contributed by atoms with Gasteiger partial charge in [0, 0.05) is 26.7 Å². The summed E-state index contributed by atoms with van der Waals surface area (Å²) in [5, 5.41) is 2.59. The second-order valence-corrected chi connectivity index (χ2v) is 7.40. The second kappa shape index (κ2) is 9.45. The van der Waals surface area contributed by atoms with Gasteiger partial charge in [-0.1, -0.05) is 30.3 Å². The zero-order chi connectivity index (χ0) is 21.7. The second-order valence-electron chi connectivity index (χ2n) is 7.40. The molecule has 0 unspecified atom stereocenters. The number of amides is 2. The van der Waals surface area contributed by atoms with Crippen molar-refractivity contribution in [1.82, 2.24) is 19.8 Å². The van der Waals surface area contributed by atoms with Crippen LogP contribution in [0, 0.1) is 13.8 Å². The van der Waals surface area contributed by atoms with Gasteiger partial charge in [-0.15, -0.1) is 0 Å². The predicted molar refractivity (Wildman–Crippen MR) is 117 cm³/mol. The van der Waals surface area contributed by atoms with E-state index in [9.17, 15) is 9.59 Å². The van der Waals surface area contributed by atoms with Crippen molar-refractivity contribution in [3.63, 3.8) is 0 Å². The molecule has 0 bridgehead atoms. The number of fused-ring (bicyclic) bond motifs is 1. The Morgan fingerprint density at radius 2 is 1.90 bits per heavy atom. The highest BCUT2D eigenvalue weighted by molar-refractivity contribution is 5.93. The van der Waals surface area contributed by atoms with Gasteiger partial charge >= 0.3 is 0 Å². The molecule has 1 N–H and O–H groups in total. The maximum Gasteiger partial charge on any atom is 0.273 e. The van der Waals surface area contributed by atoms with Gasteiger partial charge in [0.1, 0.15) is 0 Å². The van der Waals surface area contributed by atoms with E-state index < -0.39 is 0 Å². The van der Waals surface area contributed by atoms with Crippen molar-refractivity contribution < 1.29 is 9.59 Å². The summed E-state index contributed by atoms with van der Waals surface area (Å²) >= 11 is 0. The highest BCUT2D eigenvalue weighted by atomic mass is 16.2.